The van der Waals surface area contributed by atoms with Gasteiger partial charge in [0.05, 0.1) is 41.1 Å². The van der Waals surface area contributed by atoms with Crippen LogP contribution in [0.25, 0.3) is 0 Å². The van der Waals surface area contributed by atoms with Gasteiger partial charge in [-0.25, -0.2) is 0 Å². The first kappa shape index (κ1) is 24.6. The fourth-order valence-corrected chi connectivity index (χ4v) is 5.01. The molecule has 0 aliphatic carbocycles. The topological polar surface area (TPSA) is 63.6 Å². The number of carbonyl (C=O) groups excluding carboxylic acids is 2. The number of rotatable bonds is 5. The van der Waals surface area contributed by atoms with Gasteiger partial charge in [-0.15, -0.1) is 0 Å². The minimum absolute atomic E-state index is 0.103. The maximum absolute atomic E-state index is 13.3. The largest absolute Gasteiger partial charge is 0.417 e. The van der Waals surface area contributed by atoms with E-state index < -0.39 is 28.7 Å². The monoisotopic (exact) mass is 497 g/mol. The highest BCUT2D eigenvalue weighted by Gasteiger charge is 2.34. The molecular formula is C24H27ClF3N3O3. The maximum Gasteiger partial charge on any atom is 0.417 e. The molecule has 1 saturated heterocycles. The molecule has 1 fully saturated rings. The highest BCUT2D eigenvalue weighted by atomic mass is 35.5. The lowest BCUT2D eigenvalue weighted by atomic mass is 10.0. The van der Waals surface area contributed by atoms with Crippen LogP contribution in [-0.2, 0) is 24.1 Å². The van der Waals surface area contributed by atoms with Gasteiger partial charge in [-0.05, 0) is 49.9 Å². The van der Waals surface area contributed by atoms with Crippen LogP contribution < -0.4 is 5.32 Å². The summed E-state index contributed by atoms with van der Waals surface area (Å²) >= 11 is 5.88. The van der Waals surface area contributed by atoms with E-state index in [-0.39, 0.29) is 18.6 Å². The number of halogens is 4. The summed E-state index contributed by atoms with van der Waals surface area (Å²) < 4.78 is 46.6. The summed E-state index contributed by atoms with van der Waals surface area (Å²) in [6.45, 7) is 5.64. The van der Waals surface area contributed by atoms with Crippen LogP contribution in [-0.4, -0.2) is 40.5 Å². The van der Waals surface area contributed by atoms with Crippen LogP contribution in [0.4, 0.5) is 13.2 Å². The predicted octanol–water partition coefficient (Wildman–Crippen LogP) is 5.20. The van der Waals surface area contributed by atoms with Crippen molar-refractivity contribution in [2.75, 3.05) is 13.2 Å². The number of fused-ring (bicyclic) bond motifs is 1. The van der Waals surface area contributed by atoms with Gasteiger partial charge in [-0.3, -0.25) is 9.59 Å². The fourth-order valence-electron chi connectivity index (χ4n) is 4.72. The molecule has 2 aliphatic heterocycles. The Kier molecular flexibility index (Phi) is 6.96. The molecule has 1 aromatic carbocycles. The molecule has 0 spiro atoms. The van der Waals surface area contributed by atoms with Crippen LogP contribution in [0.2, 0.25) is 5.02 Å². The van der Waals surface area contributed by atoms with Crippen molar-refractivity contribution in [3.8, 4) is 0 Å². The number of hydrogen-bond donors (Lipinski definition) is 1. The van der Waals surface area contributed by atoms with Gasteiger partial charge in [-0.2, -0.15) is 13.2 Å². The zero-order valence-electron chi connectivity index (χ0n) is 19.0. The third-order valence-electron chi connectivity index (χ3n) is 6.60. The van der Waals surface area contributed by atoms with Gasteiger partial charge >= 0.3 is 6.18 Å². The Hall–Kier alpha value is -2.52. The zero-order valence-corrected chi connectivity index (χ0v) is 19.8. The molecular weight excluding hydrogens is 471 g/mol. The van der Waals surface area contributed by atoms with Crippen LogP contribution in [0, 0.1) is 0 Å². The molecule has 0 unspecified atom stereocenters. The van der Waals surface area contributed by atoms with Crippen molar-refractivity contribution in [1.82, 2.24) is 14.8 Å². The van der Waals surface area contributed by atoms with Gasteiger partial charge < -0.3 is 19.5 Å². The standard InChI is InChI=1S/C24H27ClF3N3O3/c1-3-19(15-6-7-17(18(25)11-15)24(26,27)28)29-22(32)16-12-20(31-9-10-34-13-21(16)31)23(33)30-8-4-5-14(30)2/h6-7,11-12,14,19H,3-5,8-10,13H2,1-2H3,(H,29,32)/t14-,19+/m0/s1. The average Bonchev–Trinajstić information content (AvgIpc) is 3.39. The molecule has 2 aliphatic rings. The SMILES string of the molecule is CC[C@@H](NC(=O)c1cc(C(=O)N2CCC[C@@H]2C)n2c1COCC2)c1ccc(C(F)(F)F)c(Cl)c1. The summed E-state index contributed by atoms with van der Waals surface area (Å²) in [4.78, 5) is 28.3. The third-order valence-corrected chi connectivity index (χ3v) is 6.91. The summed E-state index contributed by atoms with van der Waals surface area (Å²) in [6.07, 6.45) is -2.21. The lowest BCUT2D eigenvalue weighted by Gasteiger charge is -2.24. The van der Waals surface area contributed by atoms with E-state index in [1.807, 2.05) is 23.3 Å². The minimum Gasteiger partial charge on any atom is -0.373 e. The average molecular weight is 498 g/mol. The predicted molar refractivity (Wildman–Crippen MR) is 121 cm³/mol. The second kappa shape index (κ2) is 9.62. The van der Waals surface area contributed by atoms with Crippen molar-refractivity contribution >= 4 is 23.4 Å². The number of aromatic nitrogens is 1. The Balaban J connectivity index is 1.61. The number of nitrogens with one attached hydrogen (secondary N) is 1. The van der Waals surface area contributed by atoms with E-state index in [1.54, 1.807) is 6.07 Å². The number of nitrogens with zero attached hydrogens (tertiary/aromatic N) is 2. The first-order valence-corrected chi connectivity index (χ1v) is 11.8. The molecule has 2 amide bonds. The summed E-state index contributed by atoms with van der Waals surface area (Å²) in [5.74, 6) is -0.514. The Labute approximate surface area is 201 Å². The number of ether oxygens (including phenoxy) is 1. The zero-order chi connectivity index (χ0) is 24.6. The first-order chi connectivity index (χ1) is 16.1. The van der Waals surface area contributed by atoms with Crippen molar-refractivity contribution < 1.29 is 27.5 Å². The van der Waals surface area contributed by atoms with Gasteiger partial charge in [0, 0.05) is 19.1 Å². The van der Waals surface area contributed by atoms with E-state index in [2.05, 4.69) is 5.32 Å². The molecule has 2 aromatic rings. The molecule has 184 valence electrons. The quantitative estimate of drug-likeness (QED) is 0.618. The Morgan fingerprint density at radius 1 is 1.26 bits per heavy atom. The van der Waals surface area contributed by atoms with Crippen molar-refractivity contribution in [3.63, 3.8) is 0 Å². The van der Waals surface area contributed by atoms with Crippen molar-refractivity contribution in [2.45, 2.75) is 64.5 Å². The molecule has 0 radical (unpaired) electrons. The third kappa shape index (κ3) is 4.68. The lowest BCUT2D eigenvalue weighted by molar-refractivity contribution is -0.137. The number of likely N-dealkylation sites (tertiary alicyclic amines) is 1. The molecule has 1 aromatic heterocycles. The Morgan fingerprint density at radius 3 is 2.65 bits per heavy atom. The second-order valence-corrected chi connectivity index (χ2v) is 9.16. The number of carbonyl (C=O) groups is 2. The highest BCUT2D eigenvalue weighted by molar-refractivity contribution is 6.31. The molecule has 10 heteroatoms. The first-order valence-electron chi connectivity index (χ1n) is 11.4. The van der Waals surface area contributed by atoms with E-state index in [9.17, 15) is 22.8 Å². The van der Waals surface area contributed by atoms with Crippen molar-refractivity contribution in [2.24, 2.45) is 0 Å². The molecule has 0 saturated carbocycles. The second-order valence-electron chi connectivity index (χ2n) is 8.76. The molecule has 0 bridgehead atoms. The van der Waals surface area contributed by atoms with Gasteiger partial charge in [0.2, 0.25) is 0 Å². The molecule has 34 heavy (non-hydrogen) atoms. The number of benzene rings is 1. The van der Waals surface area contributed by atoms with Gasteiger partial charge in [0.1, 0.15) is 5.69 Å². The van der Waals surface area contributed by atoms with Gasteiger partial charge in [-0.1, -0.05) is 24.6 Å². The number of alkyl halides is 3. The number of amides is 2. The fraction of sp³-hybridized carbons (Fsp3) is 0.500. The van der Waals surface area contributed by atoms with E-state index in [4.69, 9.17) is 16.3 Å². The summed E-state index contributed by atoms with van der Waals surface area (Å²) in [6, 6.07) is 4.69. The van der Waals surface area contributed by atoms with Crippen LogP contribution in [0.15, 0.2) is 24.3 Å². The van der Waals surface area contributed by atoms with E-state index in [0.29, 0.717) is 48.6 Å². The molecule has 6 nitrogen and oxygen atoms in total. The van der Waals surface area contributed by atoms with Crippen LogP contribution in [0.3, 0.4) is 0 Å². The van der Waals surface area contributed by atoms with Crippen molar-refractivity contribution in [1.29, 1.82) is 0 Å². The van der Waals surface area contributed by atoms with Gasteiger partial charge in [0.15, 0.2) is 0 Å². The van der Waals surface area contributed by atoms with Gasteiger partial charge in [0.25, 0.3) is 11.8 Å². The smallest absolute Gasteiger partial charge is 0.373 e. The van der Waals surface area contributed by atoms with Crippen LogP contribution in [0.1, 0.15) is 76.8 Å². The highest BCUT2D eigenvalue weighted by Crippen LogP contribution is 2.36. The maximum atomic E-state index is 13.3. The molecule has 4 rings (SSSR count). The summed E-state index contributed by atoms with van der Waals surface area (Å²) in [7, 11) is 0. The van der Waals surface area contributed by atoms with Crippen molar-refractivity contribution in [3.05, 3.63) is 57.4 Å². The van der Waals surface area contributed by atoms with Crippen LogP contribution in [0.5, 0.6) is 0 Å². The Morgan fingerprint density at radius 2 is 2.03 bits per heavy atom. The van der Waals surface area contributed by atoms with Crippen LogP contribution >= 0.6 is 11.6 Å². The molecule has 1 N–H and O–H groups in total. The Bertz CT molecular complexity index is 1100. The normalized spacial score (nSPS) is 19.1. The van der Waals surface area contributed by atoms with E-state index in [0.717, 1.165) is 18.9 Å². The van der Waals surface area contributed by atoms with E-state index in [1.165, 1.54) is 12.1 Å². The summed E-state index contributed by atoms with van der Waals surface area (Å²) in [5.41, 5.74) is 0.978. The minimum atomic E-state index is -4.55. The molecule has 2 atom stereocenters. The molecule has 3 heterocycles. The van der Waals surface area contributed by atoms with E-state index >= 15 is 0 Å². The summed E-state index contributed by atoms with van der Waals surface area (Å²) in [5, 5.41) is 2.48. The lowest BCUT2D eigenvalue weighted by Crippen LogP contribution is -2.35. The number of hydrogen-bond acceptors (Lipinski definition) is 3.